The zero-order valence-corrected chi connectivity index (χ0v) is 33.8. The SMILES string of the molecule is CC/C=C\C/C=C\C/C=C\CCCCCC(=O)OC(COCCCCCCCC/C=C\CCCCCCC)COP(=O)(O)OCC[N+](C)(C)C. The molecule has 0 aliphatic heterocycles. The molecule has 0 aromatic heterocycles. The predicted octanol–water partition coefficient (Wildman–Crippen LogP) is 11.2. The maximum absolute atomic E-state index is 12.6. The second-order valence-corrected chi connectivity index (χ2v) is 15.7. The number of phosphoric ester groups is 1. The minimum Gasteiger partial charge on any atom is -0.457 e. The van der Waals surface area contributed by atoms with Gasteiger partial charge in [-0.1, -0.05) is 120 Å². The summed E-state index contributed by atoms with van der Waals surface area (Å²) in [5.41, 5.74) is 0. The van der Waals surface area contributed by atoms with E-state index in [0.717, 1.165) is 57.8 Å². The number of ether oxygens (including phenoxy) is 2. The Morgan fingerprint density at radius 3 is 1.76 bits per heavy atom. The van der Waals surface area contributed by atoms with E-state index in [-0.39, 0.29) is 25.8 Å². The highest BCUT2D eigenvalue weighted by Gasteiger charge is 2.26. The van der Waals surface area contributed by atoms with Crippen LogP contribution in [0.3, 0.4) is 0 Å². The average Bonchev–Trinajstić information content (AvgIpc) is 3.06. The molecule has 2 unspecified atom stereocenters. The molecular formula is C41H77NO7P+. The van der Waals surface area contributed by atoms with E-state index in [0.29, 0.717) is 24.1 Å². The summed E-state index contributed by atoms with van der Waals surface area (Å²) in [6.07, 6.45) is 40.0. The summed E-state index contributed by atoms with van der Waals surface area (Å²) in [5.74, 6) is -0.347. The lowest BCUT2D eigenvalue weighted by molar-refractivity contribution is -0.870. The molecule has 0 spiro atoms. The molecule has 0 amide bonds. The lowest BCUT2D eigenvalue weighted by Crippen LogP contribution is -2.37. The van der Waals surface area contributed by atoms with Gasteiger partial charge in [0.25, 0.3) is 0 Å². The number of rotatable bonds is 36. The minimum absolute atomic E-state index is 0.0800. The Bertz CT molecular complexity index is 942. The van der Waals surface area contributed by atoms with Crippen LogP contribution in [-0.4, -0.2) is 75.6 Å². The van der Waals surface area contributed by atoms with Gasteiger partial charge >= 0.3 is 13.8 Å². The molecule has 0 heterocycles. The quantitative estimate of drug-likeness (QED) is 0.0226. The van der Waals surface area contributed by atoms with Gasteiger partial charge < -0.3 is 18.9 Å². The van der Waals surface area contributed by atoms with Crippen molar-refractivity contribution in [3.05, 3.63) is 48.6 Å². The highest BCUT2D eigenvalue weighted by atomic mass is 31.2. The number of unbranched alkanes of at least 4 members (excludes halogenated alkanes) is 14. The van der Waals surface area contributed by atoms with Crippen molar-refractivity contribution in [1.29, 1.82) is 0 Å². The molecule has 0 rings (SSSR count). The molecule has 0 aliphatic carbocycles. The second-order valence-electron chi connectivity index (χ2n) is 14.3. The van der Waals surface area contributed by atoms with Gasteiger partial charge in [0, 0.05) is 13.0 Å². The van der Waals surface area contributed by atoms with Crippen LogP contribution in [0.15, 0.2) is 48.6 Å². The number of nitrogens with zero attached hydrogens (tertiary/aromatic N) is 1. The Labute approximate surface area is 308 Å². The number of likely N-dealkylation sites (N-methyl/N-ethyl adjacent to an activating group) is 1. The van der Waals surface area contributed by atoms with Gasteiger partial charge in [0.15, 0.2) is 0 Å². The first-order valence-electron chi connectivity index (χ1n) is 19.9. The molecule has 0 aliphatic rings. The average molecular weight is 727 g/mol. The van der Waals surface area contributed by atoms with Crippen LogP contribution in [0.25, 0.3) is 0 Å². The third-order valence-corrected chi connectivity index (χ3v) is 9.11. The van der Waals surface area contributed by atoms with Crippen molar-refractivity contribution in [2.75, 3.05) is 54.1 Å². The van der Waals surface area contributed by atoms with Crippen molar-refractivity contribution >= 4 is 13.8 Å². The first-order chi connectivity index (χ1) is 24.1. The number of hydrogen-bond acceptors (Lipinski definition) is 6. The summed E-state index contributed by atoms with van der Waals surface area (Å²) in [5, 5.41) is 0. The lowest BCUT2D eigenvalue weighted by atomic mass is 10.1. The van der Waals surface area contributed by atoms with Crippen LogP contribution < -0.4 is 0 Å². The van der Waals surface area contributed by atoms with Crippen LogP contribution >= 0.6 is 7.82 Å². The van der Waals surface area contributed by atoms with Crippen molar-refractivity contribution < 1.29 is 37.3 Å². The Morgan fingerprint density at radius 1 is 0.640 bits per heavy atom. The Kier molecular flexibility index (Phi) is 33.5. The van der Waals surface area contributed by atoms with Crippen LogP contribution in [-0.2, 0) is 27.9 Å². The highest BCUT2D eigenvalue weighted by Crippen LogP contribution is 2.43. The fourth-order valence-corrected chi connectivity index (χ4v) is 5.77. The molecule has 8 nitrogen and oxygen atoms in total. The van der Waals surface area contributed by atoms with E-state index >= 15 is 0 Å². The maximum atomic E-state index is 12.6. The standard InChI is InChI=1S/C41H76NO7P/c1-6-8-10-12-14-16-18-20-21-23-25-27-29-31-33-36-46-38-40(39-48-50(44,45)47-37-35-42(3,4)5)49-41(43)34-32-30-28-26-24-22-19-17-15-13-11-9-7-2/h9,11,15,17-18,20,22,24,40H,6-8,10,12-14,16,19,21,23,25-39H2,1-5H3/p+1/b11-9-,17-15-,20-18-,24-22-. The Hall–Kier alpha value is -1.54. The number of carbonyl (C=O) groups is 1. The van der Waals surface area contributed by atoms with Crippen LogP contribution in [0.5, 0.6) is 0 Å². The first-order valence-corrected chi connectivity index (χ1v) is 21.4. The van der Waals surface area contributed by atoms with Gasteiger partial charge in [-0.15, -0.1) is 0 Å². The lowest BCUT2D eigenvalue weighted by Gasteiger charge is -2.24. The van der Waals surface area contributed by atoms with Crippen molar-refractivity contribution in [3.8, 4) is 0 Å². The van der Waals surface area contributed by atoms with E-state index in [9.17, 15) is 14.3 Å². The summed E-state index contributed by atoms with van der Waals surface area (Å²) in [6, 6.07) is 0. The second kappa shape index (κ2) is 34.5. The van der Waals surface area contributed by atoms with Crippen molar-refractivity contribution in [1.82, 2.24) is 0 Å². The number of esters is 1. The molecule has 0 fully saturated rings. The summed E-state index contributed by atoms with van der Waals surface area (Å²) in [6.45, 7) is 5.43. The third kappa shape index (κ3) is 37.7. The van der Waals surface area contributed by atoms with E-state index in [4.69, 9.17) is 18.5 Å². The summed E-state index contributed by atoms with van der Waals surface area (Å²) in [7, 11) is 1.64. The summed E-state index contributed by atoms with van der Waals surface area (Å²) in [4.78, 5) is 22.8. The topological polar surface area (TPSA) is 91.3 Å². The maximum Gasteiger partial charge on any atom is 0.472 e. The molecule has 0 radical (unpaired) electrons. The van der Waals surface area contributed by atoms with Gasteiger partial charge in [-0.3, -0.25) is 13.8 Å². The van der Waals surface area contributed by atoms with E-state index < -0.39 is 13.9 Å². The Morgan fingerprint density at radius 2 is 1.16 bits per heavy atom. The van der Waals surface area contributed by atoms with Crippen LogP contribution in [0.2, 0.25) is 0 Å². The van der Waals surface area contributed by atoms with Gasteiger partial charge in [0.2, 0.25) is 0 Å². The van der Waals surface area contributed by atoms with E-state index in [1.165, 1.54) is 70.6 Å². The van der Waals surface area contributed by atoms with Crippen LogP contribution in [0.1, 0.15) is 149 Å². The number of hydrogen-bond donors (Lipinski definition) is 1. The monoisotopic (exact) mass is 727 g/mol. The van der Waals surface area contributed by atoms with Crippen molar-refractivity contribution in [3.63, 3.8) is 0 Å². The van der Waals surface area contributed by atoms with Gasteiger partial charge in [0.05, 0.1) is 34.4 Å². The molecule has 0 bridgehead atoms. The number of allylic oxidation sites excluding steroid dienone is 8. The molecule has 0 aromatic rings. The smallest absolute Gasteiger partial charge is 0.457 e. The van der Waals surface area contributed by atoms with Gasteiger partial charge in [-0.05, 0) is 70.6 Å². The molecule has 9 heteroatoms. The highest BCUT2D eigenvalue weighted by molar-refractivity contribution is 7.47. The number of phosphoric acid groups is 1. The zero-order valence-electron chi connectivity index (χ0n) is 32.9. The van der Waals surface area contributed by atoms with Gasteiger partial charge in [0.1, 0.15) is 19.3 Å². The van der Waals surface area contributed by atoms with E-state index in [1.54, 1.807) is 0 Å². The van der Waals surface area contributed by atoms with E-state index in [2.05, 4.69) is 62.5 Å². The Balaban J connectivity index is 4.34. The first kappa shape index (κ1) is 48.5. The van der Waals surface area contributed by atoms with Crippen molar-refractivity contribution in [2.24, 2.45) is 0 Å². The fraction of sp³-hybridized carbons (Fsp3) is 0.780. The fourth-order valence-electron chi connectivity index (χ4n) is 5.03. The number of quaternary nitrogens is 1. The van der Waals surface area contributed by atoms with Gasteiger partial charge in [-0.25, -0.2) is 4.57 Å². The molecule has 0 saturated carbocycles. The number of carbonyl (C=O) groups excluding carboxylic acids is 1. The third-order valence-electron chi connectivity index (χ3n) is 8.12. The molecule has 0 aromatic carbocycles. The van der Waals surface area contributed by atoms with Crippen LogP contribution in [0, 0.1) is 0 Å². The minimum atomic E-state index is -4.28. The summed E-state index contributed by atoms with van der Waals surface area (Å²) >= 11 is 0. The molecule has 1 N–H and O–H groups in total. The van der Waals surface area contributed by atoms with Gasteiger partial charge in [-0.2, -0.15) is 0 Å². The zero-order chi connectivity index (χ0) is 37.0. The van der Waals surface area contributed by atoms with Crippen molar-refractivity contribution in [2.45, 2.75) is 155 Å². The van der Waals surface area contributed by atoms with E-state index in [1.807, 2.05) is 21.1 Å². The molecule has 50 heavy (non-hydrogen) atoms. The largest absolute Gasteiger partial charge is 0.472 e. The van der Waals surface area contributed by atoms with Crippen LogP contribution in [0.4, 0.5) is 0 Å². The molecule has 0 saturated heterocycles. The normalized spacial score (nSPS) is 14.4. The summed E-state index contributed by atoms with van der Waals surface area (Å²) < 4.78 is 34.8. The molecule has 2 atom stereocenters. The molecular weight excluding hydrogens is 649 g/mol. The predicted molar refractivity (Wildman–Crippen MR) is 210 cm³/mol. The molecule has 292 valence electrons.